The van der Waals surface area contributed by atoms with Crippen LogP contribution < -0.4 is 14.2 Å². The van der Waals surface area contributed by atoms with Crippen molar-refractivity contribution in [3.63, 3.8) is 0 Å². The molecule has 4 heteroatoms. The van der Waals surface area contributed by atoms with Crippen LogP contribution in [-0.2, 0) is 0 Å². The lowest BCUT2D eigenvalue weighted by molar-refractivity contribution is 0.218. The summed E-state index contributed by atoms with van der Waals surface area (Å²) >= 11 is 0. The number of methoxy groups -OCH3 is 3. The van der Waals surface area contributed by atoms with Gasteiger partial charge in [0.25, 0.3) is 0 Å². The molecule has 0 fully saturated rings. The average molecular weight is 288 g/mol. The molecule has 0 aromatic heterocycles. The van der Waals surface area contributed by atoms with Gasteiger partial charge in [-0.25, -0.2) is 0 Å². The molecule has 0 radical (unpaired) electrons. The Morgan fingerprint density at radius 3 is 1.95 bits per heavy atom. The van der Waals surface area contributed by atoms with Crippen LogP contribution in [0.5, 0.6) is 17.2 Å². The predicted octanol–water partition coefficient (Wildman–Crippen LogP) is 3.10. The zero-order chi connectivity index (χ0) is 15.4. The molecule has 0 saturated heterocycles. The Morgan fingerprint density at radius 2 is 1.48 bits per heavy atom. The summed E-state index contributed by atoms with van der Waals surface area (Å²) < 4.78 is 15.9. The second-order valence-electron chi connectivity index (χ2n) is 4.78. The smallest absolute Gasteiger partial charge is 0.203 e. The molecule has 0 amide bonds. The van der Waals surface area contributed by atoms with E-state index in [1.165, 1.54) is 0 Å². The molecule has 0 aliphatic heterocycles. The van der Waals surface area contributed by atoms with Crippen LogP contribution in [0.15, 0.2) is 36.4 Å². The van der Waals surface area contributed by atoms with Crippen molar-refractivity contribution in [3.05, 3.63) is 53.1 Å². The monoisotopic (exact) mass is 288 g/mol. The van der Waals surface area contributed by atoms with Crippen LogP contribution >= 0.6 is 0 Å². The van der Waals surface area contributed by atoms with E-state index >= 15 is 0 Å². The van der Waals surface area contributed by atoms with Crippen molar-refractivity contribution in [1.29, 1.82) is 0 Å². The third-order valence-corrected chi connectivity index (χ3v) is 3.36. The summed E-state index contributed by atoms with van der Waals surface area (Å²) in [7, 11) is 4.66. The Bertz CT molecular complexity index is 597. The summed E-state index contributed by atoms with van der Waals surface area (Å²) in [5.74, 6) is 1.57. The van der Waals surface area contributed by atoms with Crippen molar-refractivity contribution in [2.24, 2.45) is 0 Å². The van der Waals surface area contributed by atoms with Gasteiger partial charge >= 0.3 is 0 Å². The predicted molar refractivity (Wildman–Crippen MR) is 81.3 cm³/mol. The first-order valence-corrected chi connectivity index (χ1v) is 6.65. The van der Waals surface area contributed by atoms with Crippen LogP contribution in [0.25, 0.3) is 0 Å². The lowest BCUT2D eigenvalue weighted by Crippen LogP contribution is -2.03. The highest BCUT2D eigenvalue weighted by molar-refractivity contribution is 5.55. The van der Waals surface area contributed by atoms with Crippen LogP contribution in [-0.4, -0.2) is 26.4 Å². The van der Waals surface area contributed by atoms with E-state index in [1.54, 1.807) is 33.5 Å². The van der Waals surface area contributed by atoms with E-state index in [1.807, 2.05) is 31.2 Å². The van der Waals surface area contributed by atoms with Crippen molar-refractivity contribution in [3.8, 4) is 17.2 Å². The van der Waals surface area contributed by atoms with Crippen LogP contribution in [0.2, 0.25) is 0 Å². The number of hydrogen-bond acceptors (Lipinski definition) is 4. The number of hydrogen-bond donors (Lipinski definition) is 1. The average Bonchev–Trinajstić information content (AvgIpc) is 2.52. The number of rotatable bonds is 5. The Hall–Kier alpha value is -2.20. The Labute approximate surface area is 124 Å². The number of aryl methyl sites for hydroxylation is 1. The second kappa shape index (κ2) is 6.50. The number of aliphatic hydroxyl groups is 1. The first-order valence-electron chi connectivity index (χ1n) is 6.65. The van der Waals surface area contributed by atoms with Gasteiger partial charge in [-0.05, 0) is 30.2 Å². The Balaban J connectivity index is 2.48. The second-order valence-corrected chi connectivity index (χ2v) is 4.78. The molecule has 2 aromatic rings. The maximum absolute atomic E-state index is 10.6. The Morgan fingerprint density at radius 1 is 0.857 bits per heavy atom. The van der Waals surface area contributed by atoms with Crippen LogP contribution in [0.1, 0.15) is 22.8 Å². The molecule has 0 spiro atoms. The molecular formula is C17H20O4. The van der Waals surface area contributed by atoms with E-state index < -0.39 is 6.10 Å². The fourth-order valence-corrected chi connectivity index (χ4v) is 2.29. The molecule has 0 saturated carbocycles. The third kappa shape index (κ3) is 3.11. The number of ether oxygens (including phenoxy) is 3. The van der Waals surface area contributed by atoms with E-state index in [4.69, 9.17) is 14.2 Å². The van der Waals surface area contributed by atoms with Crippen molar-refractivity contribution >= 4 is 0 Å². The number of aliphatic hydroxyl groups excluding tert-OH is 1. The van der Waals surface area contributed by atoms with Crippen molar-refractivity contribution in [2.45, 2.75) is 13.0 Å². The molecule has 0 aliphatic rings. The molecule has 0 bridgehead atoms. The van der Waals surface area contributed by atoms with E-state index in [2.05, 4.69) is 0 Å². The van der Waals surface area contributed by atoms with Gasteiger partial charge in [0.15, 0.2) is 11.5 Å². The molecule has 2 aromatic carbocycles. The molecule has 112 valence electrons. The topological polar surface area (TPSA) is 47.9 Å². The largest absolute Gasteiger partial charge is 0.493 e. The minimum atomic E-state index is -0.751. The molecule has 1 atom stereocenters. The van der Waals surface area contributed by atoms with Gasteiger partial charge in [0.05, 0.1) is 21.3 Å². The summed E-state index contributed by atoms with van der Waals surface area (Å²) in [5, 5.41) is 10.6. The highest BCUT2D eigenvalue weighted by Gasteiger charge is 2.18. The van der Waals surface area contributed by atoms with Gasteiger partial charge in [-0.15, -0.1) is 0 Å². The van der Waals surface area contributed by atoms with Gasteiger partial charge < -0.3 is 19.3 Å². The fraction of sp³-hybridized carbons (Fsp3) is 0.294. The minimum Gasteiger partial charge on any atom is -0.493 e. The Kier molecular flexibility index (Phi) is 4.70. The van der Waals surface area contributed by atoms with Crippen molar-refractivity contribution in [1.82, 2.24) is 0 Å². The lowest BCUT2D eigenvalue weighted by atomic mass is 9.99. The van der Waals surface area contributed by atoms with Gasteiger partial charge in [0, 0.05) is 0 Å². The van der Waals surface area contributed by atoms with Crippen molar-refractivity contribution in [2.75, 3.05) is 21.3 Å². The van der Waals surface area contributed by atoms with Gasteiger partial charge in [0.1, 0.15) is 6.10 Å². The quantitative estimate of drug-likeness (QED) is 0.918. The lowest BCUT2D eigenvalue weighted by Gasteiger charge is -2.17. The van der Waals surface area contributed by atoms with Crippen molar-refractivity contribution < 1.29 is 19.3 Å². The maximum Gasteiger partial charge on any atom is 0.203 e. The molecule has 4 nitrogen and oxygen atoms in total. The highest BCUT2D eigenvalue weighted by Crippen LogP contribution is 2.40. The zero-order valence-electron chi connectivity index (χ0n) is 12.7. The maximum atomic E-state index is 10.6. The molecule has 2 rings (SSSR count). The van der Waals surface area contributed by atoms with Crippen LogP contribution in [0.4, 0.5) is 0 Å². The third-order valence-electron chi connectivity index (χ3n) is 3.36. The molecule has 1 N–H and O–H groups in total. The van der Waals surface area contributed by atoms with E-state index in [0.717, 1.165) is 11.1 Å². The molecule has 0 heterocycles. The summed E-state index contributed by atoms with van der Waals surface area (Å²) in [6, 6.07) is 11.3. The van der Waals surface area contributed by atoms with Gasteiger partial charge in [-0.1, -0.05) is 29.8 Å². The molecular weight excluding hydrogens is 268 g/mol. The van der Waals surface area contributed by atoms with Crippen LogP contribution in [0, 0.1) is 6.92 Å². The normalized spacial score (nSPS) is 11.9. The highest BCUT2D eigenvalue weighted by atomic mass is 16.5. The summed E-state index contributed by atoms with van der Waals surface area (Å²) in [5.41, 5.74) is 2.61. The van der Waals surface area contributed by atoms with E-state index in [9.17, 15) is 5.11 Å². The van der Waals surface area contributed by atoms with E-state index in [0.29, 0.717) is 22.8 Å². The zero-order valence-corrected chi connectivity index (χ0v) is 12.7. The SMILES string of the molecule is COc1cc(C(O)c2cccc(C)c2)cc(OC)c1OC. The van der Waals surface area contributed by atoms with Gasteiger partial charge in [-0.2, -0.15) is 0 Å². The molecule has 0 aliphatic carbocycles. The minimum absolute atomic E-state index is 0.514. The first-order chi connectivity index (χ1) is 10.1. The molecule has 21 heavy (non-hydrogen) atoms. The van der Waals surface area contributed by atoms with Crippen LogP contribution in [0.3, 0.4) is 0 Å². The summed E-state index contributed by atoms with van der Waals surface area (Å²) in [6.07, 6.45) is -0.751. The van der Waals surface area contributed by atoms with Gasteiger partial charge in [-0.3, -0.25) is 0 Å². The fourth-order valence-electron chi connectivity index (χ4n) is 2.29. The summed E-state index contributed by atoms with van der Waals surface area (Å²) in [6.45, 7) is 1.99. The first kappa shape index (κ1) is 15.2. The number of benzene rings is 2. The summed E-state index contributed by atoms with van der Waals surface area (Å²) in [4.78, 5) is 0. The standard InChI is InChI=1S/C17H20O4/c1-11-6-5-7-12(8-11)16(18)13-9-14(19-2)17(21-4)15(10-13)20-3/h5-10,16,18H,1-4H3. The molecule has 1 unspecified atom stereocenters. The van der Waals surface area contributed by atoms with E-state index in [-0.39, 0.29) is 0 Å². The van der Waals surface area contributed by atoms with Gasteiger partial charge in [0.2, 0.25) is 5.75 Å².